The van der Waals surface area contributed by atoms with Crippen molar-refractivity contribution in [2.24, 2.45) is 0 Å². The van der Waals surface area contributed by atoms with Gasteiger partial charge in [0.25, 0.3) is 0 Å². The summed E-state index contributed by atoms with van der Waals surface area (Å²) in [6.07, 6.45) is 1.37. The zero-order valence-corrected chi connectivity index (χ0v) is 10.6. The Labute approximate surface area is 101 Å². The molecule has 0 aromatic heterocycles. The van der Waals surface area contributed by atoms with Gasteiger partial charge in [-0.25, -0.2) is 12.8 Å². The molecule has 2 N–H and O–H groups in total. The quantitative estimate of drug-likeness (QED) is 0.732. The van der Waals surface area contributed by atoms with E-state index in [1.54, 1.807) is 0 Å². The van der Waals surface area contributed by atoms with Gasteiger partial charge in [-0.2, -0.15) is 0 Å². The summed E-state index contributed by atoms with van der Waals surface area (Å²) in [4.78, 5) is 0. The fourth-order valence-electron chi connectivity index (χ4n) is 1.38. The van der Waals surface area contributed by atoms with E-state index in [0.717, 1.165) is 19.0 Å². The predicted octanol–water partition coefficient (Wildman–Crippen LogP) is 1.57. The molecule has 1 aromatic rings. The van der Waals surface area contributed by atoms with Gasteiger partial charge in [0.1, 0.15) is 5.82 Å². The molecule has 0 aliphatic carbocycles. The molecule has 0 unspecified atom stereocenters. The van der Waals surface area contributed by atoms with Gasteiger partial charge < -0.3 is 5.32 Å². The van der Waals surface area contributed by atoms with Gasteiger partial charge in [0.15, 0.2) is 0 Å². The van der Waals surface area contributed by atoms with Gasteiger partial charge in [-0.1, -0.05) is 6.07 Å². The zero-order chi connectivity index (χ0) is 12.7. The summed E-state index contributed by atoms with van der Waals surface area (Å²) in [7, 11) is -1.56. The molecular formula is C11H17FN2O2S. The van der Waals surface area contributed by atoms with Crippen molar-refractivity contribution in [3.63, 3.8) is 0 Å². The predicted molar refractivity (Wildman–Crippen MR) is 67.0 cm³/mol. The van der Waals surface area contributed by atoms with Gasteiger partial charge in [-0.15, -0.1) is 0 Å². The third kappa shape index (κ3) is 5.65. The highest BCUT2D eigenvalue weighted by Gasteiger charge is 2.09. The molecule has 0 aliphatic rings. The molecule has 6 heteroatoms. The van der Waals surface area contributed by atoms with E-state index in [4.69, 9.17) is 0 Å². The largest absolute Gasteiger partial charge is 0.320 e. The number of sulfonamides is 1. The third-order valence-electron chi connectivity index (χ3n) is 2.19. The maximum Gasteiger partial charge on any atom is 0.232 e. The van der Waals surface area contributed by atoms with Crippen molar-refractivity contribution >= 4 is 15.7 Å². The van der Waals surface area contributed by atoms with E-state index in [-0.39, 0.29) is 11.4 Å². The summed E-state index contributed by atoms with van der Waals surface area (Å²) in [5.74, 6) is -0.411. The molecule has 0 atom stereocenters. The fourth-order valence-corrected chi connectivity index (χ4v) is 2.55. The van der Waals surface area contributed by atoms with E-state index >= 15 is 0 Å². The minimum Gasteiger partial charge on any atom is -0.320 e. The van der Waals surface area contributed by atoms with Gasteiger partial charge >= 0.3 is 0 Å². The zero-order valence-electron chi connectivity index (χ0n) is 9.74. The second-order valence-corrected chi connectivity index (χ2v) is 5.58. The number of rotatable bonds is 7. The van der Waals surface area contributed by atoms with Crippen molar-refractivity contribution in [3.8, 4) is 0 Å². The van der Waals surface area contributed by atoms with Crippen LogP contribution in [0.4, 0.5) is 10.1 Å². The second kappa shape index (κ2) is 6.56. The number of hydrogen-bond acceptors (Lipinski definition) is 3. The van der Waals surface area contributed by atoms with Gasteiger partial charge in [0, 0.05) is 0 Å². The van der Waals surface area contributed by atoms with E-state index in [2.05, 4.69) is 10.0 Å². The second-order valence-electron chi connectivity index (χ2n) is 3.74. The van der Waals surface area contributed by atoms with E-state index in [9.17, 15) is 12.8 Å². The van der Waals surface area contributed by atoms with Crippen LogP contribution in [0.1, 0.15) is 12.8 Å². The average Bonchev–Trinajstić information content (AvgIpc) is 2.24. The maximum absolute atomic E-state index is 12.9. The van der Waals surface area contributed by atoms with Crippen LogP contribution in [0.2, 0.25) is 0 Å². The topological polar surface area (TPSA) is 58.2 Å². The molecule has 0 radical (unpaired) electrons. The average molecular weight is 260 g/mol. The van der Waals surface area contributed by atoms with Crippen LogP contribution in [0.5, 0.6) is 0 Å². The molecule has 0 fully saturated rings. The summed E-state index contributed by atoms with van der Waals surface area (Å²) in [6, 6.07) is 5.41. The third-order valence-corrected chi connectivity index (χ3v) is 3.56. The number of benzene rings is 1. The molecule has 0 saturated carbocycles. The van der Waals surface area contributed by atoms with Gasteiger partial charge in [0.2, 0.25) is 10.0 Å². The molecule has 0 bridgehead atoms. The maximum atomic E-state index is 12.9. The van der Waals surface area contributed by atoms with Crippen LogP contribution < -0.4 is 10.0 Å². The number of anilines is 1. The summed E-state index contributed by atoms with van der Waals surface area (Å²) >= 11 is 0. The first kappa shape index (κ1) is 13.9. The van der Waals surface area contributed by atoms with E-state index in [1.807, 2.05) is 7.05 Å². The Morgan fingerprint density at radius 3 is 2.71 bits per heavy atom. The summed E-state index contributed by atoms with van der Waals surface area (Å²) in [5, 5.41) is 2.95. The highest BCUT2D eigenvalue weighted by atomic mass is 32.2. The number of hydrogen-bond donors (Lipinski definition) is 2. The number of nitrogens with one attached hydrogen (secondary N) is 2. The normalized spacial score (nSPS) is 11.4. The standard InChI is InChI=1S/C11H17FN2O2S/c1-13-7-2-3-8-17(15,16)14-11-6-4-5-10(12)9-11/h4-6,9,13-14H,2-3,7-8H2,1H3. The van der Waals surface area contributed by atoms with Gasteiger partial charge in [-0.3, -0.25) is 4.72 Å². The molecule has 0 heterocycles. The molecule has 1 rings (SSSR count). The molecule has 0 amide bonds. The van der Waals surface area contributed by atoms with Crippen LogP contribution in [-0.4, -0.2) is 27.8 Å². The van der Waals surface area contributed by atoms with Crippen LogP contribution in [0.15, 0.2) is 24.3 Å². The Kier molecular flexibility index (Phi) is 5.37. The van der Waals surface area contributed by atoms with Crippen LogP contribution in [-0.2, 0) is 10.0 Å². The minimum absolute atomic E-state index is 0.0468. The van der Waals surface area contributed by atoms with Crippen LogP contribution >= 0.6 is 0 Å². The molecule has 17 heavy (non-hydrogen) atoms. The van der Waals surface area contributed by atoms with E-state index < -0.39 is 15.8 Å². The van der Waals surface area contributed by atoms with Gasteiger partial charge in [-0.05, 0) is 44.6 Å². The monoisotopic (exact) mass is 260 g/mol. The van der Waals surface area contributed by atoms with Crippen molar-refractivity contribution in [1.82, 2.24) is 5.32 Å². The molecule has 0 saturated heterocycles. The van der Waals surface area contributed by atoms with Crippen molar-refractivity contribution in [3.05, 3.63) is 30.1 Å². The molecule has 4 nitrogen and oxygen atoms in total. The van der Waals surface area contributed by atoms with E-state index in [0.29, 0.717) is 6.42 Å². The first-order chi connectivity index (χ1) is 8.03. The Morgan fingerprint density at radius 1 is 1.29 bits per heavy atom. The Balaban J connectivity index is 2.49. The lowest BCUT2D eigenvalue weighted by Gasteiger charge is -2.07. The van der Waals surface area contributed by atoms with Crippen molar-refractivity contribution in [1.29, 1.82) is 0 Å². The molecule has 1 aromatic carbocycles. The Bertz CT molecular complexity index is 449. The van der Waals surface area contributed by atoms with Crippen molar-refractivity contribution in [2.45, 2.75) is 12.8 Å². The highest BCUT2D eigenvalue weighted by Crippen LogP contribution is 2.11. The van der Waals surface area contributed by atoms with E-state index in [1.165, 1.54) is 18.2 Å². The van der Waals surface area contributed by atoms with Crippen LogP contribution in [0.25, 0.3) is 0 Å². The first-order valence-corrected chi connectivity index (χ1v) is 7.09. The molecule has 0 spiro atoms. The Morgan fingerprint density at radius 2 is 2.06 bits per heavy atom. The lowest BCUT2D eigenvalue weighted by Crippen LogP contribution is -2.18. The SMILES string of the molecule is CNCCCCS(=O)(=O)Nc1cccc(F)c1. The highest BCUT2D eigenvalue weighted by molar-refractivity contribution is 7.92. The van der Waals surface area contributed by atoms with Crippen LogP contribution in [0.3, 0.4) is 0 Å². The lowest BCUT2D eigenvalue weighted by molar-refractivity contribution is 0.595. The summed E-state index contributed by atoms with van der Waals surface area (Å²) in [6.45, 7) is 0.787. The van der Waals surface area contributed by atoms with Gasteiger partial charge in [0.05, 0.1) is 11.4 Å². The number of unbranched alkanes of at least 4 members (excludes halogenated alkanes) is 1. The molecule has 96 valence electrons. The van der Waals surface area contributed by atoms with Crippen molar-refractivity contribution < 1.29 is 12.8 Å². The minimum atomic E-state index is -3.38. The fraction of sp³-hybridized carbons (Fsp3) is 0.455. The molecular weight excluding hydrogens is 243 g/mol. The lowest BCUT2D eigenvalue weighted by atomic mass is 10.3. The summed E-state index contributed by atoms with van der Waals surface area (Å²) < 4.78 is 38.4. The molecule has 0 aliphatic heterocycles. The van der Waals surface area contributed by atoms with Crippen molar-refractivity contribution in [2.75, 3.05) is 24.1 Å². The smallest absolute Gasteiger partial charge is 0.232 e. The summed E-state index contributed by atoms with van der Waals surface area (Å²) in [5.41, 5.74) is 0.263. The Hall–Kier alpha value is -1.14. The first-order valence-electron chi connectivity index (χ1n) is 5.44. The van der Waals surface area contributed by atoms with Crippen LogP contribution in [0, 0.1) is 5.82 Å². The number of halogens is 1.